The van der Waals surface area contributed by atoms with Crippen molar-refractivity contribution in [3.05, 3.63) is 28.2 Å². The number of hydrogen-bond acceptors (Lipinski definition) is 6. The fourth-order valence-electron chi connectivity index (χ4n) is 1.54. The number of nitrogens with two attached hydrogens (primary N) is 1. The van der Waals surface area contributed by atoms with Crippen LogP contribution in [0.3, 0.4) is 0 Å². The SMILES string of the molecule is CCOC(=O)/C=C(\N)c1cc(OC)c(OCOC)cc1Br. The number of rotatable bonds is 7. The predicted octanol–water partition coefficient (Wildman–Crippen LogP) is 2.30. The Labute approximate surface area is 131 Å². The number of carbonyl (C=O) groups excluding carboxylic acids is 1. The Bertz CT molecular complexity index is 530. The van der Waals surface area contributed by atoms with Gasteiger partial charge in [0.05, 0.1) is 13.7 Å². The van der Waals surface area contributed by atoms with Crippen molar-refractivity contribution in [3.63, 3.8) is 0 Å². The second-order valence-corrected chi connectivity index (χ2v) is 4.74. The highest BCUT2D eigenvalue weighted by molar-refractivity contribution is 9.10. The van der Waals surface area contributed by atoms with Crippen LogP contribution in [0.4, 0.5) is 0 Å². The van der Waals surface area contributed by atoms with E-state index in [1.54, 1.807) is 19.1 Å². The van der Waals surface area contributed by atoms with Gasteiger partial charge in [-0.3, -0.25) is 0 Å². The maximum absolute atomic E-state index is 11.4. The topological polar surface area (TPSA) is 80.0 Å². The molecule has 0 unspecified atom stereocenters. The van der Waals surface area contributed by atoms with Gasteiger partial charge in [-0.25, -0.2) is 4.79 Å². The van der Waals surface area contributed by atoms with Crippen molar-refractivity contribution in [2.24, 2.45) is 5.73 Å². The number of halogens is 1. The maximum atomic E-state index is 11.4. The van der Waals surface area contributed by atoms with Gasteiger partial charge < -0.3 is 24.7 Å². The monoisotopic (exact) mass is 359 g/mol. The Morgan fingerprint density at radius 1 is 1.33 bits per heavy atom. The fourth-order valence-corrected chi connectivity index (χ4v) is 2.09. The van der Waals surface area contributed by atoms with Gasteiger partial charge in [-0.05, 0) is 35.0 Å². The van der Waals surface area contributed by atoms with E-state index in [1.165, 1.54) is 20.3 Å². The van der Waals surface area contributed by atoms with Crippen molar-refractivity contribution >= 4 is 27.6 Å². The first-order valence-corrected chi connectivity index (χ1v) is 6.96. The molecular formula is C14H18BrNO5. The van der Waals surface area contributed by atoms with Crippen molar-refractivity contribution in [1.29, 1.82) is 0 Å². The van der Waals surface area contributed by atoms with Crippen LogP contribution in [-0.2, 0) is 14.3 Å². The van der Waals surface area contributed by atoms with Gasteiger partial charge in [0.25, 0.3) is 0 Å². The zero-order chi connectivity index (χ0) is 15.8. The molecule has 0 aliphatic heterocycles. The molecule has 0 aliphatic carbocycles. The van der Waals surface area contributed by atoms with Gasteiger partial charge in [0, 0.05) is 28.9 Å². The molecule has 0 spiro atoms. The molecule has 0 fully saturated rings. The second-order valence-electron chi connectivity index (χ2n) is 3.89. The molecule has 21 heavy (non-hydrogen) atoms. The van der Waals surface area contributed by atoms with E-state index >= 15 is 0 Å². The van der Waals surface area contributed by atoms with Crippen LogP contribution in [0.15, 0.2) is 22.7 Å². The summed E-state index contributed by atoms with van der Waals surface area (Å²) in [6.45, 7) is 2.11. The van der Waals surface area contributed by atoms with Gasteiger partial charge in [-0.2, -0.15) is 0 Å². The first-order chi connectivity index (χ1) is 10.0. The molecule has 0 aliphatic rings. The molecule has 2 N–H and O–H groups in total. The first-order valence-electron chi connectivity index (χ1n) is 6.17. The Morgan fingerprint density at radius 2 is 2.05 bits per heavy atom. The Hall–Kier alpha value is -1.73. The summed E-state index contributed by atoms with van der Waals surface area (Å²) in [4.78, 5) is 11.4. The third-order valence-electron chi connectivity index (χ3n) is 2.46. The highest BCUT2D eigenvalue weighted by Crippen LogP contribution is 2.35. The number of methoxy groups -OCH3 is 2. The molecule has 1 rings (SSSR count). The van der Waals surface area contributed by atoms with Crippen LogP contribution in [-0.4, -0.2) is 33.6 Å². The molecule has 116 valence electrons. The van der Waals surface area contributed by atoms with Gasteiger partial charge in [0.15, 0.2) is 18.3 Å². The minimum absolute atomic E-state index is 0.0935. The quantitative estimate of drug-likeness (QED) is 0.457. The number of hydrogen-bond donors (Lipinski definition) is 1. The van der Waals surface area contributed by atoms with Gasteiger partial charge in [0.1, 0.15) is 0 Å². The maximum Gasteiger partial charge on any atom is 0.332 e. The summed E-state index contributed by atoms with van der Waals surface area (Å²) in [6.07, 6.45) is 1.22. The predicted molar refractivity (Wildman–Crippen MR) is 82.0 cm³/mol. The fraction of sp³-hybridized carbons (Fsp3) is 0.357. The summed E-state index contributed by atoms with van der Waals surface area (Å²) in [5.74, 6) is 0.477. The van der Waals surface area contributed by atoms with Gasteiger partial charge >= 0.3 is 5.97 Å². The third kappa shape index (κ3) is 4.95. The lowest BCUT2D eigenvalue weighted by atomic mass is 10.1. The van der Waals surface area contributed by atoms with E-state index in [0.717, 1.165) is 0 Å². The first kappa shape index (κ1) is 17.3. The molecule has 1 aromatic carbocycles. The van der Waals surface area contributed by atoms with Gasteiger partial charge in [-0.15, -0.1) is 0 Å². The van der Waals surface area contributed by atoms with E-state index in [-0.39, 0.29) is 19.1 Å². The molecule has 0 aromatic heterocycles. The van der Waals surface area contributed by atoms with Gasteiger partial charge in [-0.1, -0.05) is 0 Å². The Kier molecular flexibility index (Phi) is 7.04. The van der Waals surface area contributed by atoms with Crippen molar-refractivity contribution in [3.8, 4) is 11.5 Å². The lowest BCUT2D eigenvalue weighted by Crippen LogP contribution is -2.07. The van der Waals surface area contributed by atoms with E-state index in [9.17, 15) is 4.79 Å². The lowest BCUT2D eigenvalue weighted by molar-refractivity contribution is -0.137. The molecule has 0 atom stereocenters. The summed E-state index contributed by atoms with van der Waals surface area (Å²) in [6, 6.07) is 3.36. The Morgan fingerprint density at radius 3 is 2.62 bits per heavy atom. The molecule has 1 aromatic rings. The van der Waals surface area contributed by atoms with E-state index in [1.807, 2.05) is 0 Å². The van der Waals surface area contributed by atoms with Crippen LogP contribution in [0.2, 0.25) is 0 Å². The molecule has 0 bridgehead atoms. The summed E-state index contributed by atoms with van der Waals surface area (Å²) in [5, 5.41) is 0. The zero-order valence-corrected chi connectivity index (χ0v) is 13.7. The largest absolute Gasteiger partial charge is 0.493 e. The summed E-state index contributed by atoms with van der Waals surface area (Å²) < 4.78 is 21.0. The number of carbonyl (C=O) groups is 1. The molecule has 0 amide bonds. The van der Waals surface area contributed by atoms with Gasteiger partial charge in [0.2, 0.25) is 0 Å². The smallest absolute Gasteiger partial charge is 0.332 e. The second kappa shape index (κ2) is 8.53. The van der Waals surface area contributed by atoms with Crippen molar-refractivity contribution in [2.45, 2.75) is 6.92 Å². The molecule has 0 saturated carbocycles. The minimum Gasteiger partial charge on any atom is -0.493 e. The van der Waals surface area contributed by atoms with Crippen molar-refractivity contribution in [1.82, 2.24) is 0 Å². The average Bonchev–Trinajstić information content (AvgIpc) is 2.45. The highest BCUT2D eigenvalue weighted by Gasteiger charge is 2.13. The van der Waals surface area contributed by atoms with E-state index in [0.29, 0.717) is 21.5 Å². The minimum atomic E-state index is -0.499. The number of benzene rings is 1. The molecule has 0 radical (unpaired) electrons. The average molecular weight is 360 g/mol. The number of ether oxygens (including phenoxy) is 4. The summed E-state index contributed by atoms with van der Waals surface area (Å²) in [7, 11) is 3.04. The highest BCUT2D eigenvalue weighted by atomic mass is 79.9. The van der Waals surface area contributed by atoms with Crippen LogP contribution in [0.25, 0.3) is 5.70 Å². The Balaban J connectivity index is 3.11. The normalized spacial score (nSPS) is 11.1. The van der Waals surface area contributed by atoms with E-state index in [2.05, 4.69) is 15.9 Å². The lowest BCUT2D eigenvalue weighted by Gasteiger charge is -2.13. The zero-order valence-electron chi connectivity index (χ0n) is 12.1. The third-order valence-corrected chi connectivity index (χ3v) is 3.11. The molecule has 7 heteroatoms. The van der Waals surface area contributed by atoms with Crippen LogP contribution < -0.4 is 15.2 Å². The van der Waals surface area contributed by atoms with Crippen molar-refractivity contribution in [2.75, 3.05) is 27.6 Å². The van der Waals surface area contributed by atoms with Crippen LogP contribution >= 0.6 is 15.9 Å². The molecule has 0 saturated heterocycles. The van der Waals surface area contributed by atoms with Crippen molar-refractivity contribution < 1.29 is 23.7 Å². The van der Waals surface area contributed by atoms with E-state index < -0.39 is 5.97 Å². The molecule has 0 heterocycles. The van der Waals surface area contributed by atoms with Crippen LogP contribution in [0.1, 0.15) is 12.5 Å². The summed E-state index contributed by atoms with van der Waals surface area (Å²) in [5.41, 5.74) is 6.77. The van der Waals surface area contributed by atoms with E-state index in [4.69, 9.17) is 24.7 Å². The standard InChI is InChI=1S/C14H18BrNO5/c1-4-20-14(17)7-11(16)9-5-12(19-3)13(6-10(9)15)21-8-18-2/h5-7H,4,8,16H2,1-3H3/b11-7-. The molecule has 6 nitrogen and oxygen atoms in total. The summed E-state index contributed by atoms with van der Waals surface area (Å²) >= 11 is 3.38. The molecular weight excluding hydrogens is 342 g/mol. The van der Waals surface area contributed by atoms with Crippen LogP contribution in [0.5, 0.6) is 11.5 Å². The number of esters is 1. The van der Waals surface area contributed by atoms with Crippen LogP contribution in [0, 0.1) is 0 Å².